The van der Waals surface area contributed by atoms with Crippen LogP contribution in [-0.4, -0.2) is 40.2 Å². The molecule has 0 saturated carbocycles. The zero-order valence-corrected chi connectivity index (χ0v) is 11.4. The minimum absolute atomic E-state index is 0.142. The van der Waals surface area contributed by atoms with Crippen molar-refractivity contribution >= 4 is 28.5 Å². The molecular weight excluding hydrogens is 270 g/mol. The fraction of sp³-hybridized carbons (Fsp3) is 0.200. The molecule has 2 heterocycles. The van der Waals surface area contributed by atoms with Gasteiger partial charge in [0.1, 0.15) is 18.3 Å². The number of rotatable bonds is 1. The van der Waals surface area contributed by atoms with Crippen molar-refractivity contribution in [1.29, 1.82) is 0 Å². The molecule has 106 valence electrons. The second-order valence-electron chi connectivity index (χ2n) is 4.90. The number of fused-ring (bicyclic) bond motifs is 1. The lowest BCUT2D eigenvalue weighted by Crippen LogP contribution is -2.58. The summed E-state index contributed by atoms with van der Waals surface area (Å²) in [6.45, 7) is 1.45. The first-order valence-electron chi connectivity index (χ1n) is 6.56. The smallest absolute Gasteiger partial charge is 0.274 e. The highest BCUT2D eigenvalue weighted by Crippen LogP contribution is 2.19. The summed E-state index contributed by atoms with van der Waals surface area (Å²) in [4.78, 5) is 41.2. The summed E-state index contributed by atoms with van der Waals surface area (Å²) in [5, 5.41) is 3.80. The highest BCUT2D eigenvalue weighted by molar-refractivity contribution is 6.10. The van der Waals surface area contributed by atoms with E-state index in [0.29, 0.717) is 5.39 Å². The van der Waals surface area contributed by atoms with Crippen molar-refractivity contribution in [2.75, 3.05) is 6.54 Å². The predicted molar refractivity (Wildman–Crippen MR) is 75.4 cm³/mol. The molecule has 1 aromatic heterocycles. The summed E-state index contributed by atoms with van der Waals surface area (Å²) < 4.78 is 0. The van der Waals surface area contributed by atoms with E-state index >= 15 is 0 Å². The third-order valence-electron chi connectivity index (χ3n) is 3.56. The maximum Gasteiger partial charge on any atom is 0.274 e. The lowest BCUT2D eigenvalue weighted by molar-refractivity contribution is -0.138. The average molecular weight is 283 g/mol. The summed E-state index contributed by atoms with van der Waals surface area (Å²) >= 11 is 0. The molecular formula is C15H13N3O3. The molecule has 3 rings (SSSR count). The monoisotopic (exact) mass is 283 g/mol. The van der Waals surface area contributed by atoms with Gasteiger partial charge in [0.05, 0.1) is 0 Å². The molecule has 1 fully saturated rings. The van der Waals surface area contributed by atoms with Crippen LogP contribution in [0, 0.1) is 0 Å². The van der Waals surface area contributed by atoms with Crippen LogP contribution in [0.5, 0.6) is 0 Å². The number of hydrogen-bond acceptors (Lipinski definition) is 4. The Hall–Kier alpha value is -2.76. The van der Waals surface area contributed by atoms with Crippen molar-refractivity contribution in [3.05, 3.63) is 42.2 Å². The van der Waals surface area contributed by atoms with Crippen LogP contribution in [0.2, 0.25) is 0 Å². The van der Waals surface area contributed by atoms with Crippen LogP contribution in [0.15, 0.2) is 36.5 Å². The first kappa shape index (κ1) is 13.2. The van der Waals surface area contributed by atoms with Gasteiger partial charge in [-0.3, -0.25) is 24.7 Å². The highest BCUT2D eigenvalue weighted by Gasteiger charge is 2.34. The van der Waals surface area contributed by atoms with Gasteiger partial charge in [-0.1, -0.05) is 24.3 Å². The lowest BCUT2D eigenvalue weighted by atomic mass is 10.1. The number of carbonyl (C=O) groups is 3. The second kappa shape index (κ2) is 4.97. The van der Waals surface area contributed by atoms with Crippen molar-refractivity contribution in [3.63, 3.8) is 0 Å². The second-order valence-corrected chi connectivity index (χ2v) is 4.90. The van der Waals surface area contributed by atoms with Crippen LogP contribution in [-0.2, 0) is 9.59 Å². The largest absolute Gasteiger partial charge is 0.316 e. The average Bonchev–Trinajstić information content (AvgIpc) is 2.49. The van der Waals surface area contributed by atoms with Gasteiger partial charge in [0.15, 0.2) is 0 Å². The fourth-order valence-corrected chi connectivity index (χ4v) is 2.39. The lowest BCUT2D eigenvalue weighted by Gasteiger charge is -2.31. The Kier molecular flexibility index (Phi) is 3.13. The molecule has 1 aliphatic rings. The zero-order chi connectivity index (χ0) is 15.0. The summed E-state index contributed by atoms with van der Waals surface area (Å²) in [5.41, 5.74) is 0.252. The fourth-order valence-electron chi connectivity index (χ4n) is 2.39. The minimum Gasteiger partial charge on any atom is -0.316 e. The van der Waals surface area contributed by atoms with E-state index in [1.54, 1.807) is 19.2 Å². The molecule has 6 nitrogen and oxygen atoms in total. The molecule has 1 unspecified atom stereocenters. The third-order valence-corrected chi connectivity index (χ3v) is 3.56. The first-order chi connectivity index (χ1) is 10.1. The minimum atomic E-state index is -0.698. The molecule has 0 radical (unpaired) electrons. The van der Waals surface area contributed by atoms with Gasteiger partial charge in [0.2, 0.25) is 11.8 Å². The number of piperazine rings is 1. The normalized spacial score (nSPS) is 18.7. The summed E-state index contributed by atoms with van der Waals surface area (Å²) in [7, 11) is 0. The molecule has 1 aliphatic heterocycles. The Morgan fingerprint density at radius 1 is 1.29 bits per heavy atom. The van der Waals surface area contributed by atoms with Crippen molar-refractivity contribution < 1.29 is 14.4 Å². The van der Waals surface area contributed by atoms with Crippen molar-refractivity contribution in [2.45, 2.75) is 13.0 Å². The van der Waals surface area contributed by atoms with Crippen LogP contribution in [0.1, 0.15) is 17.4 Å². The van der Waals surface area contributed by atoms with Gasteiger partial charge in [-0.25, -0.2) is 0 Å². The maximum absolute atomic E-state index is 12.6. The zero-order valence-electron chi connectivity index (χ0n) is 11.4. The summed E-state index contributed by atoms with van der Waals surface area (Å²) in [5.74, 6) is -1.37. The molecule has 0 bridgehead atoms. The quantitative estimate of drug-likeness (QED) is 0.782. The number of pyridine rings is 1. The molecule has 21 heavy (non-hydrogen) atoms. The predicted octanol–water partition coefficient (Wildman–Crippen LogP) is 0.722. The Bertz CT molecular complexity index is 751. The first-order valence-corrected chi connectivity index (χ1v) is 6.56. The van der Waals surface area contributed by atoms with Gasteiger partial charge < -0.3 is 4.90 Å². The van der Waals surface area contributed by atoms with E-state index in [4.69, 9.17) is 0 Å². The number of benzene rings is 1. The molecule has 1 saturated heterocycles. The molecule has 1 atom stereocenters. The van der Waals surface area contributed by atoms with Crippen molar-refractivity contribution in [1.82, 2.24) is 15.2 Å². The van der Waals surface area contributed by atoms with Crippen LogP contribution < -0.4 is 5.32 Å². The van der Waals surface area contributed by atoms with Crippen LogP contribution in [0.25, 0.3) is 10.8 Å². The van der Waals surface area contributed by atoms with E-state index in [0.717, 1.165) is 5.39 Å². The SMILES string of the molecule is CC1C(=O)NC(=O)CN1C(=O)c1nccc2ccccc12. The number of hydrogen-bond donors (Lipinski definition) is 1. The molecule has 2 aromatic rings. The van der Waals surface area contributed by atoms with E-state index in [1.807, 2.05) is 24.3 Å². The number of nitrogens with zero attached hydrogens (tertiary/aromatic N) is 2. The van der Waals surface area contributed by atoms with Gasteiger partial charge in [0.25, 0.3) is 5.91 Å². The standard InChI is InChI=1S/C15H13N3O3/c1-9-14(20)17-12(19)8-18(9)15(21)13-11-5-3-2-4-10(11)6-7-16-13/h2-7,9H,8H2,1H3,(H,17,19,20). The van der Waals surface area contributed by atoms with Crippen molar-refractivity contribution in [3.8, 4) is 0 Å². The summed E-state index contributed by atoms with van der Waals surface area (Å²) in [6.07, 6.45) is 1.55. The Morgan fingerprint density at radius 3 is 2.86 bits per heavy atom. The third kappa shape index (κ3) is 2.24. The molecule has 6 heteroatoms. The number of carbonyl (C=O) groups excluding carboxylic acids is 3. The summed E-state index contributed by atoms with van der Waals surface area (Å²) in [6, 6.07) is 8.48. The molecule has 1 N–H and O–H groups in total. The number of imide groups is 1. The van der Waals surface area contributed by atoms with Gasteiger partial charge in [-0.05, 0) is 18.4 Å². The van der Waals surface area contributed by atoms with Gasteiger partial charge in [0, 0.05) is 11.6 Å². The van der Waals surface area contributed by atoms with Crippen molar-refractivity contribution in [2.24, 2.45) is 0 Å². The Labute approximate surface area is 120 Å². The van der Waals surface area contributed by atoms with Gasteiger partial charge >= 0.3 is 0 Å². The van der Waals surface area contributed by atoms with Gasteiger partial charge in [-0.2, -0.15) is 0 Å². The highest BCUT2D eigenvalue weighted by atomic mass is 16.2. The van der Waals surface area contributed by atoms with E-state index in [2.05, 4.69) is 10.3 Å². The van der Waals surface area contributed by atoms with E-state index in [-0.39, 0.29) is 12.2 Å². The van der Waals surface area contributed by atoms with E-state index in [1.165, 1.54) is 4.90 Å². The van der Waals surface area contributed by atoms with E-state index in [9.17, 15) is 14.4 Å². The Balaban J connectivity index is 2.04. The number of amides is 3. The molecule has 0 aliphatic carbocycles. The number of nitrogens with one attached hydrogen (secondary N) is 1. The van der Waals surface area contributed by atoms with Gasteiger partial charge in [-0.15, -0.1) is 0 Å². The molecule has 0 spiro atoms. The topological polar surface area (TPSA) is 79.4 Å². The maximum atomic E-state index is 12.6. The van der Waals surface area contributed by atoms with Crippen LogP contribution in [0.4, 0.5) is 0 Å². The van der Waals surface area contributed by atoms with E-state index < -0.39 is 23.8 Å². The molecule has 3 amide bonds. The van der Waals surface area contributed by atoms with Crippen LogP contribution >= 0.6 is 0 Å². The van der Waals surface area contributed by atoms with Crippen LogP contribution in [0.3, 0.4) is 0 Å². The Morgan fingerprint density at radius 2 is 2.05 bits per heavy atom. The number of aromatic nitrogens is 1. The molecule has 1 aromatic carbocycles.